The number of benzene rings is 2. The summed E-state index contributed by atoms with van der Waals surface area (Å²) in [4.78, 5) is 34.0. The van der Waals surface area contributed by atoms with Crippen LogP contribution in [-0.4, -0.2) is 68.9 Å². The number of halogens is 2. The Morgan fingerprint density at radius 2 is 1.74 bits per heavy atom. The Morgan fingerprint density at radius 3 is 2.43 bits per heavy atom. The van der Waals surface area contributed by atoms with Gasteiger partial charge in [0.1, 0.15) is 17.0 Å². The Labute approximate surface area is 288 Å². The number of rotatable bonds is 14. The molecule has 1 fully saturated rings. The van der Waals surface area contributed by atoms with Crippen molar-refractivity contribution >= 4 is 46.5 Å². The largest absolute Gasteiger partial charge is 0.493 e. The first-order valence-electron chi connectivity index (χ1n) is 15.2. The molecule has 9 nitrogen and oxygen atoms in total. The zero-order valence-electron chi connectivity index (χ0n) is 26.4. The maximum atomic E-state index is 13.3. The highest BCUT2D eigenvalue weighted by Gasteiger charge is 2.29. The highest BCUT2D eigenvalue weighted by atomic mass is 35.5. The number of likely N-dealkylation sites (tertiary alicyclic amines) is 1. The van der Waals surface area contributed by atoms with Crippen LogP contribution in [0.1, 0.15) is 49.6 Å². The standard InChI is InChI=1S/C35H37Cl2N3O6S/c1-40-14-13-25(20-40)46-35(42)33(22-7-5-4-6-8-22)39-17-26-10-12-32(47-26)34(41)45-21-24(15-27-28(36)18-38-19-29(27)37)23-9-11-30(43-2)31(16-23)44-3/h4-12,16,18-19,24-25,33,39H,13-15,17,20-21H2,1-3H3/t24?,25-,33?/m0/s1. The number of nitrogens with zero attached hydrogens (tertiary/aromatic N) is 2. The van der Waals surface area contributed by atoms with Crippen molar-refractivity contribution in [2.45, 2.75) is 37.5 Å². The van der Waals surface area contributed by atoms with E-state index in [-0.39, 0.29) is 24.6 Å². The lowest BCUT2D eigenvalue weighted by molar-refractivity contribution is -0.151. The first-order chi connectivity index (χ1) is 22.7. The molecule has 3 heterocycles. The molecule has 2 unspecified atom stereocenters. The number of hydrogen-bond donors (Lipinski definition) is 1. The molecule has 1 aliphatic heterocycles. The monoisotopic (exact) mass is 697 g/mol. The highest BCUT2D eigenvalue weighted by molar-refractivity contribution is 7.13. The molecule has 2 aromatic carbocycles. The van der Waals surface area contributed by atoms with E-state index in [1.165, 1.54) is 23.7 Å². The molecule has 47 heavy (non-hydrogen) atoms. The molecule has 1 aliphatic rings. The Kier molecular flexibility index (Phi) is 12.1. The van der Waals surface area contributed by atoms with E-state index in [0.717, 1.165) is 35.5 Å². The molecule has 0 saturated carbocycles. The highest BCUT2D eigenvalue weighted by Crippen LogP contribution is 2.35. The third-order valence-electron chi connectivity index (χ3n) is 8.04. The van der Waals surface area contributed by atoms with Crippen LogP contribution < -0.4 is 14.8 Å². The zero-order chi connectivity index (χ0) is 33.3. The van der Waals surface area contributed by atoms with Gasteiger partial charge < -0.3 is 23.8 Å². The number of ether oxygens (including phenoxy) is 4. The van der Waals surface area contributed by atoms with Crippen LogP contribution in [0.15, 0.2) is 73.1 Å². The van der Waals surface area contributed by atoms with Gasteiger partial charge in [-0.25, -0.2) is 9.59 Å². The van der Waals surface area contributed by atoms with Crippen molar-refractivity contribution in [1.29, 1.82) is 0 Å². The Bertz CT molecular complexity index is 1650. The molecule has 3 atom stereocenters. The lowest BCUT2D eigenvalue weighted by Gasteiger charge is -2.20. The van der Waals surface area contributed by atoms with Crippen LogP contribution >= 0.6 is 34.5 Å². The second kappa shape index (κ2) is 16.4. The van der Waals surface area contributed by atoms with Gasteiger partial charge in [0.25, 0.3) is 0 Å². The van der Waals surface area contributed by atoms with Gasteiger partial charge in [-0.1, -0.05) is 59.6 Å². The van der Waals surface area contributed by atoms with E-state index in [9.17, 15) is 9.59 Å². The molecule has 1 saturated heterocycles. The normalized spacial score (nSPS) is 16.0. The molecule has 2 aromatic heterocycles. The van der Waals surface area contributed by atoms with Crippen LogP contribution in [0.2, 0.25) is 10.0 Å². The van der Waals surface area contributed by atoms with E-state index in [4.69, 9.17) is 42.1 Å². The van der Waals surface area contributed by atoms with E-state index < -0.39 is 12.0 Å². The van der Waals surface area contributed by atoms with Gasteiger partial charge in [-0.2, -0.15) is 0 Å². The quantitative estimate of drug-likeness (QED) is 0.144. The van der Waals surface area contributed by atoms with E-state index in [0.29, 0.717) is 45.0 Å². The smallest absolute Gasteiger partial charge is 0.348 e. The van der Waals surface area contributed by atoms with Crippen molar-refractivity contribution in [1.82, 2.24) is 15.2 Å². The van der Waals surface area contributed by atoms with Gasteiger partial charge >= 0.3 is 11.9 Å². The van der Waals surface area contributed by atoms with Gasteiger partial charge in [0.2, 0.25) is 0 Å². The average Bonchev–Trinajstić information content (AvgIpc) is 3.73. The van der Waals surface area contributed by atoms with Crippen molar-refractivity contribution in [3.8, 4) is 11.5 Å². The van der Waals surface area contributed by atoms with Crippen LogP contribution in [0.5, 0.6) is 11.5 Å². The topological polar surface area (TPSA) is 99.2 Å². The summed E-state index contributed by atoms with van der Waals surface area (Å²) in [5.74, 6) is 0.0680. The maximum absolute atomic E-state index is 13.3. The second-order valence-electron chi connectivity index (χ2n) is 11.3. The Hall–Kier alpha value is -3.67. The van der Waals surface area contributed by atoms with Crippen LogP contribution in [0, 0.1) is 0 Å². The molecule has 1 N–H and O–H groups in total. The van der Waals surface area contributed by atoms with Gasteiger partial charge in [0.15, 0.2) is 11.5 Å². The van der Waals surface area contributed by atoms with Gasteiger partial charge in [0, 0.05) is 42.8 Å². The third kappa shape index (κ3) is 9.03. The minimum atomic E-state index is -0.645. The maximum Gasteiger partial charge on any atom is 0.348 e. The SMILES string of the molecule is COc1ccc(C(COC(=O)c2ccc(CNC(C(=O)O[C@H]3CCN(C)C3)c3ccccc3)s2)Cc2c(Cl)cncc2Cl)cc1OC. The number of pyridine rings is 1. The second-order valence-corrected chi connectivity index (χ2v) is 13.3. The summed E-state index contributed by atoms with van der Waals surface area (Å²) >= 11 is 14.2. The predicted molar refractivity (Wildman–Crippen MR) is 183 cm³/mol. The Balaban J connectivity index is 1.26. The summed E-state index contributed by atoms with van der Waals surface area (Å²) in [5, 5.41) is 4.19. The van der Waals surface area contributed by atoms with E-state index in [1.807, 2.05) is 61.6 Å². The molecule has 0 spiro atoms. The fraction of sp³-hybridized carbons (Fsp3) is 0.343. The van der Waals surface area contributed by atoms with Gasteiger partial charge in [-0.15, -0.1) is 11.3 Å². The van der Waals surface area contributed by atoms with Gasteiger partial charge in [0.05, 0.1) is 30.9 Å². The van der Waals surface area contributed by atoms with Gasteiger partial charge in [-0.05, 0) is 60.8 Å². The van der Waals surface area contributed by atoms with Crippen LogP contribution in [0.3, 0.4) is 0 Å². The molecule has 0 amide bonds. The summed E-state index contributed by atoms with van der Waals surface area (Å²) < 4.78 is 22.6. The van der Waals surface area contributed by atoms with E-state index in [1.54, 1.807) is 20.3 Å². The number of esters is 2. The number of methoxy groups -OCH3 is 2. The van der Waals surface area contributed by atoms with Crippen molar-refractivity contribution in [2.75, 3.05) is 41.0 Å². The van der Waals surface area contributed by atoms with Crippen molar-refractivity contribution < 1.29 is 28.5 Å². The minimum absolute atomic E-state index is 0.0626. The van der Waals surface area contributed by atoms with Gasteiger partial charge in [-0.3, -0.25) is 10.3 Å². The molecular weight excluding hydrogens is 661 g/mol. The molecule has 0 aliphatic carbocycles. The van der Waals surface area contributed by atoms with Crippen LogP contribution in [0.25, 0.3) is 0 Å². The molecule has 12 heteroatoms. The Morgan fingerprint density at radius 1 is 1.00 bits per heavy atom. The molecule has 4 aromatic rings. The van der Waals surface area contributed by atoms with E-state index >= 15 is 0 Å². The summed E-state index contributed by atoms with van der Waals surface area (Å²) in [7, 11) is 5.15. The van der Waals surface area contributed by atoms with Crippen molar-refractivity contribution in [2.24, 2.45) is 0 Å². The third-order valence-corrected chi connectivity index (χ3v) is 9.76. The van der Waals surface area contributed by atoms with Crippen molar-refractivity contribution in [3.63, 3.8) is 0 Å². The van der Waals surface area contributed by atoms with Crippen LogP contribution in [-0.2, 0) is 27.2 Å². The number of thiophene rings is 1. The first kappa shape index (κ1) is 34.7. The molecule has 0 bridgehead atoms. The average molecular weight is 699 g/mol. The molecular formula is C35H37Cl2N3O6S. The fourth-order valence-corrected chi connectivity index (χ4v) is 6.87. The summed E-state index contributed by atoms with van der Waals surface area (Å²) in [6, 6.07) is 18.0. The zero-order valence-corrected chi connectivity index (χ0v) is 28.7. The summed E-state index contributed by atoms with van der Waals surface area (Å²) in [6.07, 6.45) is 4.16. The number of carbonyl (C=O) groups is 2. The van der Waals surface area contributed by atoms with Crippen molar-refractivity contribution in [3.05, 3.63) is 110 Å². The number of aromatic nitrogens is 1. The predicted octanol–water partition coefficient (Wildman–Crippen LogP) is 6.73. The molecule has 0 radical (unpaired) electrons. The lowest BCUT2D eigenvalue weighted by atomic mass is 9.92. The number of carbonyl (C=O) groups excluding carboxylic acids is 2. The number of hydrogen-bond acceptors (Lipinski definition) is 10. The summed E-state index contributed by atoms with van der Waals surface area (Å²) in [6.45, 7) is 2.05. The lowest BCUT2D eigenvalue weighted by Crippen LogP contribution is -2.33. The van der Waals surface area contributed by atoms with Crippen LogP contribution in [0.4, 0.5) is 0 Å². The minimum Gasteiger partial charge on any atom is -0.493 e. The first-order valence-corrected chi connectivity index (χ1v) is 16.8. The number of likely N-dealkylation sites (N-methyl/N-ethyl adjacent to an activating group) is 1. The number of nitrogens with one attached hydrogen (secondary N) is 1. The fourth-order valence-electron chi connectivity index (χ4n) is 5.50. The molecule has 5 rings (SSSR count). The van der Waals surface area contributed by atoms with E-state index in [2.05, 4.69) is 15.2 Å². The summed E-state index contributed by atoms with van der Waals surface area (Å²) in [5.41, 5.74) is 2.38. The molecule has 248 valence electrons.